The van der Waals surface area contributed by atoms with Crippen molar-refractivity contribution in [3.8, 4) is 0 Å². The van der Waals surface area contributed by atoms with Crippen molar-refractivity contribution in [2.75, 3.05) is 5.73 Å². The number of aromatic nitrogens is 1. The molecule has 1 saturated carbocycles. The van der Waals surface area contributed by atoms with Crippen LogP contribution in [0.25, 0.3) is 0 Å². The van der Waals surface area contributed by atoms with E-state index in [1.165, 1.54) is 0 Å². The number of nitrogen functional groups attached to an aromatic ring is 1. The van der Waals surface area contributed by atoms with Gasteiger partial charge in [0.25, 0.3) is 0 Å². The standard InChI is InChI=1S/C16H24N2O/c1-16(2,3)12-6-4-11(5-7-12)15(19)13-10-18-9-8-14(13)17/h8-12H,4-7H2,1-3H3,(H2,17,18). The maximum Gasteiger partial charge on any atom is 0.169 e. The number of ketones is 1. The van der Waals surface area contributed by atoms with Gasteiger partial charge in [-0.25, -0.2) is 0 Å². The van der Waals surface area contributed by atoms with E-state index in [1.54, 1.807) is 18.5 Å². The van der Waals surface area contributed by atoms with Crippen LogP contribution in [0, 0.1) is 17.3 Å². The van der Waals surface area contributed by atoms with E-state index < -0.39 is 0 Å². The van der Waals surface area contributed by atoms with E-state index in [2.05, 4.69) is 25.8 Å². The molecular formula is C16H24N2O. The van der Waals surface area contributed by atoms with Gasteiger partial charge in [0.05, 0.1) is 5.56 Å². The number of rotatable bonds is 2. The predicted molar refractivity (Wildman–Crippen MR) is 77.9 cm³/mol. The summed E-state index contributed by atoms with van der Waals surface area (Å²) in [6, 6.07) is 1.70. The molecular weight excluding hydrogens is 236 g/mol. The summed E-state index contributed by atoms with van der Waals surface area (Å²) in [5, 5.41) is 0. The van der Waals surface area contributed by atoms with Crippen LogP contribution in [0.5, 0.6) is 0 Å². The Morgan fingerprint density at radius 1 is 1.26 bits per heavy atom. The molecule has 1 aromatic rings. The van der Waals surface area contributed by atoms with Gasteiger partial charge in [-0.3, -0.25) is 9.78 Å². The van der Waals surface area contributed by atoms with Crippen LogP contribution >= 0.6 is 0 Å². The molecule has 0 atom stereocenters. The normalized spacial score (nSPS) is 24.2. The monoisotopic (exact) mass is 260 g/mol. The van der Waals surface area contributed by atoms with Crippen molar-refractivity contribution in [3.05, 3.63) is 24.0 Å². The minimum Gasteiger partial charge on any atom is -0.398 e. The summed E-state index contributed by atoms with van der Waals surface area (Å²) < 4.78 is 0. The van der Waals surface area contributed by atoms with Crippen LogP contribution in [0.1, 0.15) is 56.8 Å². The Balaban J connectivity index is 2.03. The van der Waals surface area contributed by atoms with Crippen molar-refractivity contribution in [2.24, 2.45) is 17.3 Å². The Bertz CT molecular complexity index is 454. The fourth-order valence-corrected chi connectivity index (χ4v) is 3.05. The molecule has 1 aliphatic rings. The third-order valence-corrected chi connectivity index (χ3v) is 4.44. The number of nitrogens with zero attached hydrogens (tertiary/aromatic N) is 1. The number of nitrogens with two attached hydrogens (primary N) is 1. The van der Waals surface area contributed by atoms with Gasteiger partial charge in [-0.1, -0.05) is 20.8 Å². The van der Waals surface area contributed by atoms with Gasteiger partial charge in [-0.05, 0) is 43.1 Å². The van der Waals surface area contributed by atoms with Gasteiger partial charge in [0, 0.05) is 24.0 Å². The van der Waals surface area contributed by atoms with E-state index in [9.17, 15) is 4.79 Å². The lowest BCUT2D eigenvalue weighted by Crippen LogP contribution is -2.29. The van der Waals surface area contributed by atoms with E-state index in [4.69, 9.17) is 5.73 Å². The first kappa shape index (κ1) is 14.0. The quantitative estimate of drug-likeness (QED) is 0.825. The van der Waals surface area contributed by atoms with Gasteiger partial charge in [0.1, 0.15) is 0 Å². The summed E-state index contributed by atoms with van der Waals surface area (Å²) in [6.45, 7) is 6.87. The lowest BCUT2D eigenvalue weighted by Gasteiger charge is -2.36. The highest BCUT2D eigenvalue weighted by atomic mass is 16.1. The molecule has 1 aliphatic carbocycles. The molecule has 2 rings (SSSR count). The number of hydrogen-bond donors (Lipinski definition) is 1. The van der Waals surface area contributed by atoms with Crippen molar-refractivity contribution in [2.45, 2.75) is 46.5 Å². The van der Waals surface area contributed by atoms with Crippen molar-refractivity contribution >= 4 is 11.5 Å². The molecule has 0 aliphatic heterocycles. The maximum atomic E-state index is 12.5. The van der Waals surface area contributed by atoms with E-state index in [-0.39, 0.29) is 11.7 Å². The average molecular weight is 260 g/mol. The van der Waals surface area contributed by atoms with Gasteiger partial charge in [-0.2, -0.15) is 0 Å². The van der Waals surface area contributed by atoms with E-state index in [0.29, 0.717) is 16.7 Å². The minimum absolute atomic E-state index is 0.130. The van der Waals surface area contributed by atoms with E-state index >= 15 is 0 Å². The van der Waals surface area contributed by atoms with Gasteiger partial charge in [0.2, 0.25) is 0 Å². The largest absolute Gasteiger partial charge is 0.398 e. The maximum absolute atomic E-state index is 12.5. The second-order valence-electron chi connectivity index (χ2n) is 6.74. The van der Waals surface area contributed by atoms with Gasteiger partial charge < -0.3 is 5.73 Å². The lowest BCUT2D eigenvalue weighted by atomic mass is 9.69. The SMILES string of the molecule is CC(C)(C)C1CCC(C(=O)c2cnccc2N)CC1. The molecule has 3 nitrogen and oxygen atoms in total. The zero-order valence-corrected chi connectivity index (χ0v) is 12.1. The topological polar surface area (TPSA) is 56.0 Å². The number of hydrogen-bond acceptors (Lipinski definition) is 3. The Morgan fingerprint density at radius 3 is 2.42 bits per heavy atom. The number of Topliss-reactive ketones (excluding diaryl/α,β-unsaturated/α-hetero) is 1. The van der Waals surface area contributed by atoms with Crippen molar-refractivity contribution in [3.63, 3.8) is 0 Å². The molecule has 0 unspecified atom stereocenters. The summed E-state index contributed by atoms with van der Waals surface area (Å²) in [7, 11) is 0. The van der Waals surface area contributed by atoms with Crippen LogP contribution in [0.15, 0.2) is 18.5 Å². The Labute approximate surface area is 115 Å². The summed E-state index contributed by atoms with van der Waals surface area (Å²) in [4.78, 5) is 16.5. The van der Waals surface area contributed by atoms with Crippen molar-refractivity contribution < 1.29 is 4.79 Å². The van der Waals surface area contributed by atoms with Gasteiger partial charge in [-0.15, -0.1) is 0 Å². The first-order valence-corrected chi connectivity index (χ1v) is 7.13. The lowest BCUT2D eigenvalue weighted by molar-refractivity contribution is 0.0820. The molecule has 0 spiro atoms. The summed E-state index contributed by atoms with van der Waals surface area (Å²) in [5.41, 5.74) is 7.36. The summed E-state index contributed by atoms with van der Waals surface area (Å²) in [6.07, 6.45) is 7.47. The second-order valence-corrected chi connectivity index (χ2v) is 6.74. The predicted octanol–water partition coefficient (Wildman–Crippen LogP) is 3.70. The molecule has 1 heterocycles. The average Bonchev–Trinajstić information content (AvgIpc) is 2.38. The Kier molecular flexibility index (Phi) is 3.93. The van der Waals surface area contributed by atoms with Crippen LogP contribution in [0.2, 0.25) is 0 Å². The molecule has 0 radical (unpaired) electrons. The summed E-state index contributed by atoms with van der Waals surface area (Å²) in [5.74, 6) is 1.03. The number of carbonyl (C=O) groups is 1. The van der Waals surface area contributed by atoms with Crippen LogP contribution in [0.4, 0.5) is 5.69 Å². The second kappa shape index (κ2) is 5.32. The molecule has 104 valence electrons. The number of pyridine rings is 1. The zero-order chi connectivity index (χ0) is 14.0. The van der Waals surface area contributed by atoms with E-state index in [0.717, 1.165) is 31.6 Å². The first-order valence-electron chi connectivity index (χ1n) is 7.13. The minimum atomic E-state index is 0.130. The molecule has 0 bridgehead atoms. The molecule has 19 heavy (non-hydrogen) atoms. The van der Waals surface area contributed by atoms with Crippen LogP contribution in [-0.2, 0) is 0 Å². The smallest absolute Gasteiger partial charge is 0.169 e. The van der Waals surface area contributed by atoms with Crippen molar-refractivity contribution in [1.29, 1.82) is 0 Å². The van der Waals surface area contributed by atoms with Crippen LogP contribution < -0.4 is 5.73 Å². The molecule has 1 fully saturated rings. The number of carbonyl (C=O) groups excluding carboxylic acids is 1. The summed E-state index contributed by atoms with van der Waals surface area (Å²) >= 11 is 0. The zero-order valence-electron chi connectivity index (χ0n) is 12.1. The first-order chi connectivity index (χ1) is 8.89. The third-order valence-electron chi connectivity index (χ3n) is 4.44. The number of anilines is 1. The highest BCUT2D eigenvalue weighted by molar-refractivity contribution is 6.01. The van der Waals surface area contributed by atoms with Gasteiger partial charge >= 0.3 is 0 Å². The van der Waals surface area contributed by atoms with Crippen LogP contribution in [0.3, 0.4) is 0 Å². The molecule has 0 saturated heterocycles. The Morgan fingerprint density at radius 2 is 1.89 bits per heavy atom. The Hall–Kier alpha value is -1.38. The fourth-order valence-electron chi connectivity index (χ4n) is 3.05. The molecule has 0 amide bonds. The molecule has 0 aromatic carbocycles. The van der Waals surface area contributed by atoms with Gasteiger partial charge in [0.15, 0.2) is 5.78 Å². The van der Waals surface area contributed by atoms with Crippen molar-refractivity contribution in [1.82, 2.24) is 4.98 Å². The third kappa shape index (κ3) is 3.14. The van der Waals surface area contributed by atoms with Crippen LogP contribution in [-0.4, -0.2) is 10.8 Å². The molecule has 3 heteroatoms. The highest BCUT2D eigenvalue weighted by Gasteiger charge is 2.33. The van der Waals surface area contributed by atoms with E-state index in [1.807, 2.05) is 0 Å². The highest BCUT2D eigenvalue weighted by Crippen LogP contribution is 2.40. The molecule has 2 N–H and O–H groups in total. The molecule has 1 aromatic heterocycles. The fraction of sp³-hybridized carbons (Fsp3) is 0.625.